The van der Waals surface area contributed by atoms with Crippen LogP contribution in [0.4, 0.5) is 4.39 Å². The molecule has 1 N–H and O–H groups in total. The second-order valence-electron chi connectivity index (χ2n) is 7.44. The van der Waals surface area contributed by atoms with Crippen LogP contribution in [0.25, 0.3) is 0 Å². The van der Waals surface area contributed by atoms with Gasteiger partial charge in [0.25, 0.3) is 5.91 Å². The van der Waals surface area contributed by atoms with E-state index in [0.717, 1.165) is 12.1 Å². The van der Waals surface area contributed by atoms with Gasteiger partial charge in [-0.3, -0.25) is 9.78 Å². The maximum atomic E-state index is 13.1. The fourth-order valence-electron chi connectivity index (χ4n) is 3.93. The number of rotatable bonds is 4. The summed E-state index contributed by atoms with van der Waals surface area (Å²) >= 11 is 0. The van der Waals surface area contributed by atoms with Gasteiger partial charge in [0.15, 0.2) is 0 Å². The van der Waals surface area contributed by atoms with E-state index in [0.29, 0.717) is 44.7 Å². The lowest BCUT2D eigenvalue weighted by atomic mass is 9.88. The highest BCUT2D eigenvalue weighted by Gasteiger charge is 2.45. The molecule has 0 aliphatic carbocycles. The first-order valence-electron chi connectivity index (χ1n) is 9.50. The number of nitrogens with zero attached hydrogens (tertiary/aromatic N) is 2. The van der Waals surface area contributed by atoms with Crippen LogP contribution in [-0.2, 0) is 14.8 Å². The van der Waals surface area contributed by atoms with E-state index in [1.165, 1.54) is 16.4 Å². The number of carbonyl (C=O) groups excluding carboxylic acids is 1. The average molecular weight is 419 g/mol. The molecule has 2 fully saturated rings. The molecule has 9 heteroatoms. The number of hydrogen-bond acceptors (Lipinski definition) is 5. The Hall–Kier alpha value is -2.36. The van der Waals surface area contributed by atoms with Gasteiger partial charge in [-0.15, -0.1) is 0 Å². The Bertz CT molecular complexity index is 975. The van der Waals surface area contributed by atoms with E-state index in [-0.39, 0.29) is 16.8 Å². The van der Waals surface area contributed by atoms with Gasteiger partial charge in [-0.25, -0.2) is 12.8 Å². The summed E-state index contributed by atoms with van der Waals surface area (Å²) in [4.78, 5) is 16.4. The molecular weight excluding hydrogens is 397 g/mol. The first-order valence-corrected chi connectivity index (χ1v) is 10.9. The smallest absolute Gasteiger partial charge is 0.270 e. The summed E-state index contributed by atoms with van der Waals surface area (Å²) in [5, 5.41) is 2.95. The van der Waals surface area contributed by atoms with Gasteiger partial charge in [0.1, 0.15) is 11.5 Å². The minimum Gasteiger partial charge on any atom is -0.373 e. The molecule has 1 aromatic heterocycles. The summed E-state index contributed by atoms with van der Waals surface area (Å²) in [7, 11) is -3.66. The molecule has 4 rings (SSSR count). The molecule has 1 amide bonds. The number of piperidine rings is 1. The third-order valence-electron chi connectivity index (χ3n) is 5.53. The van der Waals surface area contributed by atoms with Crippen LogP contribution in [0.15, 0.2) is 53.6 Å². The van der Waals surface area contributed by atoms with E-state index >= 15 is 0 Å². The molecule has 2 aliphatic rings. The van der Waals surface area contributed by atoms with Crippen LogP contribution in [0, 0.1) is 5.82 Å². The number of sulfonamides is 1. The predicted octanol–water partition coefficient (Wildman–Crippen LogP) is 1.96. The zero-order valence-electron chi connectivity index (χ0n) is 15.8. The normalized spacial score (nSPS) is 21.9. The van der Waals surface area contributed by atoms with Crippen LogP contribution in [0.5, 0.6) is 0 Å². The number of ether oxygens (including phenoxy) is 1. The van der Waals surface area contributed by atoms with Crippen LogP contribution >= 0.6 is 0 Å². The van der Waals surface area contributed by atoms with E-state index < -0.39 is 21.4 Å². The summed E-state index contributed by atoms with van der Waals surface area (Å²) in [5.74, 6) is -0.715. The zero-order valence-corrected chi connectivity index (χ0v) is 16.6. The molecule has 1 atom stereocenters. The molecule has 1 spiro atoms. The Morgan fingerprint density at radius 2 is 1.90 bits per heavy atom. The molecule has 2 aromatic rings. The van der Waals surface area contributed by atoms with E-state index in [4.69, 9.17) is 4.74 Å². The Kier molecular flexibility index (Phi) is 5.37. The summed E-state index contributed by atoms with van der Waals surface area (Å²) in [6.07, 6.45) is 3.29. The Balaban J connectivity index is 1.36. The third-order valence-corrected chi connectivity index (χ3v) is 7.44. The molecule has 0 saturated carbocycles. The van der Waals surface area contributed by atoms with Gasteiger partial charge in [0.05, 0.1) is 23.1 Å². The summed E-state index contributed by atoms with van der Waals surface area (Å²) in [6, 6.07) is 9.88. The molecular formula is C20H22FN3O4S. The molecule has 2 saturated heterocycles. The zero-order chi connectivity index (χ0) is 20.5. The number of benzene rings is 1. The maximum absolute atomic E-state index is 13.1. The van der Waals surface area contributed by atoms with Crippen molar-refractivity contribution in [3.8, 4) is 0 Å². The minimum absolute atomic E-state index is 0.0858. The molecule has 3 heterocycles. The topological polar surface area (TPSA) is 88.6 Å². The average Bonchev–Trinajstić information content (AvgIpc) is 3.11. The van der Waals surface area contributed by atoms with Crippen LogP contribution < -0.4 is 5.32 Å². The fraction of sp³-hybridized carbons (Fsp3) is 0.400. The number of amides is 1. The SMILES string of the molecule is O=C(N[C@@H]1COC2(CCN(S(=O)(=O)c3ccc(F)cc3)CC2)C1)c1ccccn1. The van der Waals surface area contributed by atoms with Crippen molar-refractivity contribution in [3.63, 3.8) is 0 Å². The Morgan fingerprint density at radius 3 is 2.55 bits per heavy atom. The standard InChI is InChI=1S/C20H22FN3O4S/c21-15-4-6-17(7-5-15)29(26,27)24-11-8-20(9-12-24)13-16(14-28-20)23-19(25)18-3-1-2-10-22-18/h1-7,10,16H,8-9,11-14H2,(H,23,25)/t16-/m0/s1. The lowest BCUT2D eigenvalue weighted by Crippen LogP contribution is -2.47. The highest BCUT2D eigenvalue weighted by molar-refractivity contribution is 7.89. The maximum Gasteiger partial charge on any atom is 0.270 e. The lowest BCUT2D eigenvalue weighted by Gasteiger charge is -2.38. The second kappa shape index (κ2) is 7.81. The van der Waals surface area contributed by atoms with Crippen molar-refractivity contribution in [2.24, 2.45) is 0 Å². The molecule has 0 radical (unpaired) electrons. The predicted molar refractivity (Wildman–Crippen MR) is 103 cm³/mol. The highest BCUT2D eigenvalue weighted by Crippen LogP contribution is 2.37. The number of pyridine rings is 1. The molecule has 29 heavy (non-hydrogen) atoms. The molecule has 154 valence electrons. The number of halogens is 1. The summed E-state index contributed by atoms with van der Waals surface area (Å²) < 4.78 is 46.0. The Labute approximate surface area is 168 Å². The quantitative estimate of drug-likeness (QED) is 0.819. The number of aromatic nitrogens is 1. The first-order chi connectivity index (χ1) is 13.9. The Morgan fingerprint density at radius 1 is 1.17 bits per heavy atom. The number of hydrogen-bond donors (Lipinski definition) is 1. The molecule has 1 aromatic carbocycles. The lowest BCUT2D eigenvalue weighted by molar-refractivity contribution is -0.0311. The second-order valence-corrected chi connectivity index (χ2v) is 9.38. The minimum atomic E-state index is -3.66. The van der Waals surface area contributed by atoms with Crippen molar-refractivity contribution in [3.05, 3.63) is 60.2 Å². The van der Waals surface area contributed by atoms with Crippen LogP contribution in [0.2, 0.25) is 0 Å². The number of nitrogens with one attached hydrogen (secondary N) is 1. The van der Waals surface area contributed by atoms with Gasteiger partial charge in [-0.05, 0) is 55.7 Å². The third kappa shape index (κ3) is 4.17. The van der Waals surface area contributed by atoms with Gasteiger partial charge in [0, 0.05) is 19.3 Å². The van der Waals surface area contributed by atoms with Gasteiger partial charge in [-0.2, -0.15) is 4.31 Å². The van der Waals surface area contributed by atoms with Crippen molar-refractivity contribution >= 4 is 15.9 Å². The van der Waals surface area contributed by atoms with E-state index in [1.54, 1.807) is 24.4 Å². The molecule has 2 aliphatic heterocycles. The largest absolute Gasteiger partial charge is 0.373 e. The fourth-order valence-corrected chi connectivity index (χ4v) is 5.37. The van der Waals surface area contributed by atoms with Gasteiger partial charge in [-0.1, -0.05) is 6.07 Å². The summed E-state index contributed by atoms with van der Waals surface area (Å²) in [5.41, 5.74) is -0.0784. The molecule has 7 nitrogen and oxygen atoms in total. The summed E-state index contributed by atoms with van der Waals surface area (Å²) in [6.45, 7) is 1.03. The highest BCUT2D eigenvalue weighted by atomic mass is 32.2. The number of carbonyl (C=O) groups is 1. The van der Waals surface area contributed by atoms with Crippen molar-refractivity contribution in [1.29, 1.82) is 0 Å². The molecule has 0 unspecified atom stereocenters. The van der Waals surface area contributed by atoms with Crippen molar-refractivity contribution < 1.29 is 22.3 Å². The first kappa shape index (κ1) is 19.9. The van der Waals surface area contributed by atoms with Crippen molar-refractivity contribution in [2.75, 3.05) is 19.7 Å². The van der Waals surface area contributed by atoms with E-state index in [9.17, 15) is 17.6 Å². The van der Waals surface area contributed by atoms with E-state index in [2.05, 4.69) is 10.3 Å². The van der Waals surface area contributed by atoms with Crippen LogP contribution in [0.3, 0.4) is 0 Å². The van der Waals surface area contributed by atoms with Crippen molar-refractivity contribution in [2.45, 2.75) is 35.8 Å². The van der Waals surface area contributed by atoms with Gasteiger partial charge >= 0.3 is 0 Å². The van der Waals surface area contributed by atoms with Crippen molar-refractivity contribution in [1.82, 2.24) is 14.6 Å². The van der Waals surface area contributed by atoms with Gasteiger partial charge in [0.2, 0.25) is 10.0 Å². The van der Waals surface area contributed by atoms with Crippen LogP contribution in [0.1, 0.15) is 29.8 Å². The van der Waals surface area contributed by atoms with E-state index in [1.807, 2.05) is 0 Å². The van der Waals surface area contributed by atoms with Gasteiger partial charge < -0.3 is 10.1 Å². The molecule has 0 bridgehead atoms. The monoisotopic (exact) mass is 419 g/mol. The van der Waals surface area contributed by atoms with Crippen LogP contribution in [-0.4, -0.2) is 55.0 Å².